The number of carbonyl (C=O) groups is 1. The minimum absolute atomic E-state index is 0.0554. The van der Waals surface area contributed by atoms with Crippen molar-refractivity contribution < 1.29 is 22.7 Å². The molecule has 0 aliphatic carbocycles. The number of amides is 1. The van der Waals surface area contributed by atoms with Gasteiger partial charge in [-0.15, -0.1) is 0 Å². The van der Waals surface area contributed by atoms with Gasteiger partial charge in [0.2, 0.25) is 15.9 Å². The highest BCUT2D eigenvalue weighted by atomic mass is 35.5. The minimum atomic E-state index is -3.59. The molecule has 0 heterocycles. The average molecular weight is 709 g/mol. The fourth-order valence-corrected chi connectivity index (χ4v) is 6.85. The molecule has 1 atom stereocenters. The van der Waals surface area contributed by atoms with E-state index >= 15 is 0 Å². The monoisotopic (exact) mass is 707 g/mol. The van der Waals surface area contributed by atoms with Gasteiger partial charge in [-0.2, -0.15) is 0 Å². The SMILES string of the molecule is CC(C)(Cc1cccc(CC(=O)NCc2ccc(Cl)c(Cl)c2)c1)NC[C@H](O[Si](C)(C)C(C)(C)C)c1ccc(O)c(NS(C)(=O)=O)c1. The van der Waals surface area contributed by atoms with E-state index in [0.717, 1.165) is 28.5 Å². The molecule has 4 N–H and O–H groups in total. The standard InChI is InChI=1S/C34H47Cl2N3O5SSi/c1-33(2,3)46(7,8)44-31(26-13-15-30(40)29(19-26)39-45(6,42)43)22-38-34(4,5)20-24-11-9-10-23(16-24)18-32(41)37-21-25-12-14-27(35)28(36)17-25/h9-17,19,31,38-40H,18,20-22H2,1-8H3,(H,37,41)/t31-/m0/s1. The number of hydrogen-bond donors (Lipinski definition) is 4. The molecule has 3 aromatic carbocycles. The summed E-state index contributed by atoms with van der Waals surface area (Å²) in [4.78, 5) is 12.7. The second-order valence-corrected chi connectivity index (χ2v) is 21.3. The van der Waals surface area contributed by atoms with Gasteiger partial charge in [-0.25, -0.2) is 8.42 Å². The van der Waals surface area contributed by atoms with Crippen LogP contribution in [0.1, 0.15) is 63.0 Å². The van der Waals surface area contributed by atoms with Crippen molar-refractivity contribution in [3.8, 4) is 5.75 Å². The second-order valence-electron chi connectivity index (χ2n) is 14.0. The van der Waals surface area contributed by atoms with E-state index in [1.807, 2.05) is 24.3 Å². The van der Waals surface area contributed by atoms with Crippen molar-refractivity contribution in [1.82, 2.24) is 10.6 Å². The summed E-state index contributed by atoms with van der Waals surface area (Å²) in [6, 6.07) is 18.2. The summed E-state index contributed by atoms with van der Waals surface area (Å²) in [6.07, 6.45) is 1.59. The fraction of sp³-hybridized carbons (Fsp3) is 0.441. The van der Waals surface area contributed by atoms with Gasteiger partial charge in [0.05, 0.1) is 34.5 Å². The van der Waals surface area contributed by atoms with Crippen LogP contribution in [0.3, 0.4) is 0 Å². The Morgan fingerprint density at radius 1 is 0.935 bits per heavy atom. The molecule has 0 unspecified atom stereocenters. The summed E-state index contributed by atoms with van der Waals surface area (Å²) in [5.41, 5.74) is 3.38. The maximum absolute atomic E-state index is 12.7. The number of aromatic hydroxyl groups is 1. The first kappa shape index (κ1) is 37.9. The highest BCUT2D eigenvalue weighted by molar-refractivity contribution is 7.92. The lowest BCUT2D eigenvalue weighted by Crippen LogP contribution is -2.47. The van der Waals surface area contributed by atoms with E-state index in [9.17, 15) is 18.3 Å². The van der Waals surface area contributed by atoms with Crippen molar-refractivity contribution in [2.45, 2.75) is 83.8 Å². The Balaban J connectivity index is 1.72. The quantitative estimate of drug-likeness (QED) is 0.101. The first-order valence-corrected chi connectivity index (χ1v) is 20.7. The van der Waals surface area contributed by atoms with Crippen molar-refractivity contribution in [1.29, 1.82) is 0 Å². The molecule has 252 valence electrons. The molecular weight excluding hydrogens is 661 g/mol. The zero-order chi connectivity index (χ0) is 34.5. The van der Waals surface area contributed by atoms with E-state index < -0.39 is 24.4 Å². The number of carbonyl (C=O) groups excluding carboxylic acids is 1. The summed E-state index contributed by atoms with van der Waals surface area (Å²) >= 11 is 12.1. The Labute approximate surface area is 285 Å². The van der Waals surface area contributed by atoms with Crippen LogP contribution in [0, 0.1) is 0 Å². The van der Waals surface area contributed by atoms with Crippen LogP contribution in [0.25, 0.3) is 0 Å². The molecule has 3 aromatic rings. The van der Waals surface area contributed by atoms with Crippen molar-refractivity contribution >= 4 is 53.1 Å². The summed E-state index contributed by atoms with van der Waals surface area (Å²) in [5, 5.41) is 17.8. The third kappa shape index (κ3) is 11.6. The van der Waals surface area contributed by atoms with Gasteiger partial charge in [0.25, 0.3) is 0 Å². The van der Waals surface area contributed by atoms with Crippen LogP contribution < -0.4 is 15.4 Å². The van der Waals surface area contributed by atoms with Crippen LogP contribution in [0.5, 0.6) is 5.75 Å². The van der Waals surface area contributed by atoms with Crippen molar-refractivity contribution in [2.24, 2.45) is 0 Å². The molecule has 3 rings (SSSR count). The molecule has 0 spiro atoms. The maximum atomic E-state index is 12.7. The number of benzene rings is 3. The molecule has 1 amide bonds. The molecule has 12 heteroatoms. The highest BCUT2D eigenvalue weighted by Crippen LogP contribution is 2.40. The van der Waals surface area contributed by atoms with E-state index in [1.54, 1.807) is 24.3 Å². The van der Waals surface area contributed by atoms with Crippen molar-refractivity contribution in [3.05, 3.63) is 93.0 Å². The lowest BCUT2D eigenvalue weighted by Gasteiger charge is -2.40. The first-order valence-electron chi connectivity index (χ1n) is 15.2. The Morgan fingerprint density at radius 3 is 2.24 bits per heavy atom. The number of nitrogens with one attached hydrogen (secondary N) is 3. The molecule has 0 fully saturated rings. The zero-order valence-electron chi connectivity index (χ0n) is 27.9. The van der Waals surface area contributed by atoms with Crippen molar-refractivity contribution in [2.75, 3.05) is 17.5 Å². The normalized spacial score (nSPS) is 13.3. The lowest BCUT2D eigenvalue weighted by atomic mass is 9.93. The van der Waals surface area contributed by atoms with Gasteiger partial charge in [0, 0.05) is 18.6 Å². The van der Waals surface area contributed by atoms with Gasteiger partial charge in [0.15, 0.2) is 8.32 Å². The maximum Gasteiger partial charge on any atom is 0.229 e. The van der Waals surface area contributed by atoms with Gasteiger partial charge in [0.1, 0.15) is 5.75 Å². The van der Waals surface area contributed by atoms with E-state index in [4.69, 9.17) is 27.6 Å². The topological polar surface area (TPSA) is 117 Å². The summed E-state index contributed by atoms with van der Waals surface area (Å²) in [5.74, 6) is -0.249. The van der Waals surface area contributed by atoms with Crippen LogP contribution in [0.15, 0.2) is 60.7 Å². The van der Waals surface area contributed by atoms with E-state index in [1.165, 1.54) is 6.07 Å². The molecule has 8 nitrogen and oxygen atoms in total. The Hall–Kier alpha value is -2.60. The van der Waals surface area contributed by atoms with Crippen LogP contribution >= 0.6 is 23.2 Å². The highest BCUT2D eigenvalue weighted by Gasteiger charge is 2.40. The molecule has 0 aliphatic heterocycles. The Morgan fingerprint density at radius 2 is 1.61 bits per heavy atom. The smallest absolute Gasteiger partial charge is 0.229 e. The van der Waals surface area contributed by atoms with Gasteiger partial charge in [-0.05, 0) is 84.9 Å². The number of anilines is 1. The number of phenolic OH excluding ortho intramolecular Hbond substituents is 1. The number of halogens is 2. The van der Waals surface area contributed by atoms with Gasteiger partial charge < -0.3 is 20.2 Å². The van der Waals surface area contributed by atoms with Crippen LogP contribution in [-0.4, -0.2) is 46.1 Å². The third-order valence-corrected chi connectivity index (χ3v) is 14.0. The summed E-state index contributed by atoms with van der Waals surface area (Å²) in [6.45, 7) is 15.9. The average Bonchev–Trinajstić information content (AvgIpc) is 2.91. The third-order valence-electron chi connectivity index (χ3n) is 8.17. The minimum Gasteiger partial charge on any atom is -0.506 e. The number of rotatable bonds is 14. The summed E-state index contributed by atoms with van der Waals surface area (Å²) < 4.78 is 33.1. The van der Waals surface area contributed by atoms with Gasteiger partial charge >= 0.3 is 0 Å². The molecule has 0 aliphatic rings. The predicted octanol–water partition coefficient (Wildman–Crippen LogP) is 7.60. The van der Waals surface area contributed by atoms with E-state index in [-0.39, 0.29) is 34.3 Å². The second kappa shape index (κ2) is 15.1. The van der Waals surface area contributed by atoms with Gasteiger partial charge in [-0.3, -0.25) is 9.52 Å². The first-order chi connectivity index (χ1) is 21.1. The molecule has 0 radical (unpaired) electrons. The molecule has 0 bridgehead atoms. The van der Waals surface area contributed by atoms with Crippen LogP contribution in [0.4, 0.5) is 5.69 Å². The fourth-order valence-electron chi connectivity index (χ4n) is 4.68. The van der Waals surface area contributed by atoms with E-state index in [2.05, 4.69) is 69.1 Å². The summed E-state index contributed by atoms with van der Waals surface area (Å²) in [7, 11) is -5.84. The van der Waals surface area contributed by atoms with Gasteiger partial charge in [-0.1, -0.05) is 80.4 Å². The molecule has 0 saturated heterocycles. The lowest BCUT2D eigenvalue weighted by molar-refractivity contribution is -0.120. The van der Waals surface area contributed by atoms with Crippen LogP contribution in [0.2, 0.25) is 28.2 Å². The van der Waals surface area contributed by atoms with Crippen LogP contribution in [-0.2, 0) is 38.6 Å². The predicted molar refractivity (Wildman–Crippen MR) is 192 cm³/mol. The molecule has 0 aromatic heterocycles. The molecule has 46 heavy (non-hydrogen) atoms. The molecule has 0 saturated carbocycles. The number of hydrogen-bond acceptors (Lipinski definition) is 6. The molecular formula is C34H47Cl2N3O5SSi. The zero-order valence-corrected chi connectivity index (χ0v) is 31.3. The largest absolute Gasteiger partial charge is 0.506 e. The Kier molecular flexibility index (Phi) is 12.4. The number of sulfonamides is 1. The Bertz CT molecular complexity index is 1640. The van der Waals surface area contributed by atoms with E-state index in [0.29, 0.717) is 29.6 Å². The number of phenols is 1. The van der Waals surface area contributed by atoms with Crippen molar-refractivity contribution in [3.63, 3.8) is 0 Å².